The average Bonchev–Trinajstić information content (AvgIpc) is 2.84. The molecule has 3 nitrogen and oxygen atoms in total. The molecule has 1 aliphatic heterocycles. The van der Waals surface area contributed by atoms with Gasteiger partial charge in [-0.15, -0.1) is 0 Å². The number of hydrogen-bond donors (Lipinski definition) is 0. The Balaban J connectivity index is 1.76. The molecular weight excluding hydrogens is 416 g/mol. The fourth-order valence-corrected chi connectivity index (χ4v) is 8.31. The van der Waals surface area contributed by atoms with Gasteiger partial charge in [0.2, 0.25) is 0 Å². The number of aryl methyl sites for hydroxylation is 1. The Hall–Kier alpha value is -2.38. The second-order valence-corrected chi connectivity index (χ2v) is 12.6. The van der Waals surface area contributed by atoms with Crippen LogP contribution in [0, 0.1) is 11.8 Å². The zero-order valence-corrected chi connectivity index (χ0v) is 20.7. The van der Waals surface area contributed by atoms with Gasteiger partial charge in [-0.3, -0.25) is 4.79 Å². The molecule has 0 fully saturated rings. The smallest absolute Gasteiger partial charge is 0.306 e. The van der Waals surface area contributed by atoms with Crippen LogP contribution < -0.4 is 4.74 Å². The Morgan fingerprint density at radius 3 is 2.31 bits per heavy atom. The van der Waals surface area contributed by atoms with E-state index in [0.717, 1.165) is 35.5 Å². The monoisotopic (exact) mass is 452 g/mol. The SMILES string of the molecule is CCOC(=O)CCc1ccc(C#Cc2ccc3c(c2)C(S(CC)(CC)CC)CCO3)cc1. The van der Waals surface area contributed by atoms with Crippen LogP contribution >= 0.6 is 10.0 Å². The number of carbonyl (C=O) groups is 1. The van der Waals surface area contributed by atoms with Crippen molar-refractivity contribution in [1.29, 1.82) is 0 Å². The van der Waals surface area contributed by atoms with Crippen molar-refractivity contribution in [3.8, 4) is 17.6 Å². The molecule has 3 rings (SSSR count). The number of hydrogen-bond acceptors (Lipinski definition) is 3. The van der Waals surface area contributed by atoms with Crippen LogP contribution in [0.1, 0.15) is 68.0 Å². The molecule has 0 bridgehead atoms. The Kier molecular flexibility index (Phi) is 8.70. The molecule has 0 spiro atoms. The summed E-state index contributed by atoms with van der Waals surface area (Å²) in [6.45, 7) is 10.2. The normalized spacial score (nSPS) is 15.7. The van der Waals surface area contributed by atoms with Crippen LogP contribution in [0.15, 0.2) is 42.5 Å². The highest BCUT2D eigenvalue weighted by Gasteiger charge is 2.34. The fraction of sp³-hybridized carbons (Fsp3) is 0.464. The van der Waals surface area contributed by atoms with Gasteiger partial charge in [0.05, 0.1) is 13.2 Å². The fourth-order valence-electron chi connectivity index (χ4n) is 4.55. The van der Waals surface area contributed by atoms with Crippen molar-refractivity contribution in [2.75, 3.05) is 30.5 Å². The van der Waals surface area contributed by atoms with E-state index in [1.165, 1.54) is 22.8 Å². The highest BCUT2D eigenvalue weighted by molar-refractivity contribution is 8.33. The molecule has 0 aliphatic carbocycles. The largest absolute Gasteiger partial charge is 0.493 e. The first kappa shape index (κ1) is 24.3. The zero-order chi connectivity index (χ0) is 23.0. The third-order valence-electron chi connectivity index (χ3n) is 6.55. The number of benzene rings is 2. The van der Waals surface area contributed by atoms with Gasteiger partial charge in [-0.25, -0.2) is 10.0 Å². The molecular formula is C28H36O3S. The molecule has 172 valence electrons. The second kappa shape index (κ2) is 11.5. The maximum Gasteiger partial charge on any atom is 0.306 e. The molecule has 0 radical (unpaired) electrons. The molecule has 1 unspecified atom stereocenters. The highest BCUT2D eigenvalue weighted by Crippen LogP contribution is 2.63. The van der Waals surface area contributed by atoms with Gasteiger partial charge < -0.3 is 9.47 Å². The maximum atomic E-state index is 11.5. The van der Waals surface area contributed by atoms with Gasteiger partial charge in [0, 0.05) is 28.4 Å². The van der Waals surface area contributed by atoms with E-state index in [1.54, 1.807) is 0 Å². The number of fused-ring (bicyclic) bond motifs is 1. The lowest BCUT2D eigenvalue weighted by molar-refractivity contribution is -0.143. The van der Waals surface area contributed by atoms with Crippen LogP contribution in [0.3, 0.4) is 0 Å². The molecule has 1 heterocycles. The Labute approximate surface area is 195 Å². The summed E-state index contributed by atoms with van der Waals surface area (Å²) in [6, 6.07) is 14.6. The lowest BCUT2D eigenvalue weighted by Gasteiger charge is -2.47. The van der Waals surface area contributed by atoms with E-state index in [1.807, 2.05) is 31.2 Å². The summed E-state index contributed by atoms with van der Waals surface area (Å²) < 4.78 is 11.0. The van der Waals surface area contributed by atoms with E-state index in [-0.39, 0.29) is 5.97 Å². The molecule has 2 aromatic rings. The topological polar surface area (TPSA) is 35.5 Å². The highest BCUT2D eigenvalue weighted by atomic mass is 32.3. The molecule has 0 N–H and O–H groups in total. The molecule has 0 saturated heterocycles. The van der Waals surface area contributed by atoms with Gasteiger partial charge in [0.15, 0.2) is 0 Å². The number of ether oxygens (including phenoxy) is 2. The van der Waals surface area contributed by atoms with Crippen LogP contribution in [0.25, 0.3) is 0 Å². The van der Waals surface area contributed by atoms with Crippen molar-refractivity contribution < 1.29 is 14.3 Å². The van der Waals surface area contributed by atoms with Gasteiger partial charge in [0.1, 0.15) is 5.75 Å². The van der Waals surface area contributed by atoms with Gasteiger partial charge in [-0.2, -0.15) is 0 Å². The standard InChI is InChI=1S/C28H36O3S/c1-5-30-28(29)18-16-23-11-9-22(10-12-23)13-14-24-15-17-26-25(21-24)27(19-20-31-26)32(6-2,7-3)8-4/h9-12,15,17,21,27H,5-8,16,18-20H2,1-4H3. The van der Waals surface area contributed by atoms with Gasteiger partial charge in [0.25, 0.3) is 0 Å². The van der Waals surface area contributed by atoms with Crippen molar-refractivity contribution in [3.05, 3.63) is 64.7 Å². The van der Waals surface area contributed by atoms with Crippen LogP contribution in [0.2, 0.25) is 0 Å². The molecule has 0 saturated carbocycles. The van der Waals surface area contributed by atoms with E-state index < -0.39 is 10.0 Å². The van der Waals surface area contributed by atoms with E-state index in [2.05, 4.69) is 50.8 Å². The molecule has 32 heavy (non-hydrogen) atoms. The molecule has 0 aromatic heterocycles. The van der Waals surface area contributed by atoms with Crippen molar-refractivity contribution in [1.82, 2.24) is 0 Å². The second-order valence-electron chi connectivity index (χ2n) is 8.11. The summed E-state index contributed by atoms with van der Waals surface area (Å²) >= 11 is 0. The van der Waals surface area contributed by atoms with Gasteiger partial charge in [-0.1, -0.05) is 44.7 Å². The van der Waals surface area contributed by atoms with E-state index in [9.17, 15) is 4.79 Å². The first-order valence-electron chi connectivity index (χ1n) is 11.8. The zero-order valence-electron chi connectivity index (χ0n) is 19.9. The average molecular weight is 453 g/mol. The Morgan fingerprint density at radius 1 is 1.00 bits per heavy atom. The molecule has 2 aromatic carbocycles. The minimum Gasteiger partial charge on any atom is -0.493 e. The molecule has 0 amide bonds. The van der Waals surface area contributed by atoms with Crippen molar-refractivity contribution in [2.45, 2.75) is 52.2 Å². The third kappa shape index (κ3) is 5.70. The Bertz CT molecular complexity index is 956. The minimum atomic E-state index is -0.691. The molecule has 4 heteroatoms. The quantitative estimate of drug-likeness (QED) is 0.350. The first-order chi connectivity index (χ1) is 15.5. The third-order valence-corrected chi connectivity index (χ3v) is 11.7. The predicted octanol–water partition coefficient (Wildman–Crippen LogP) is 6.27. The van der Waals surface area contributed by atoms with Gasteiger partial charge in [-0.05, 0) is 72.9 Å². The Morgan fingerprint density at radius 2 is 1.66 bits per heavy atom. The summed E-state index contributed by atoms with van der Waals surface area (Å²) in [7, 11) is -0.691. The summed E-state index contributed by atoms with van der Waals surface area (Å²) in [5.74, 6) is 11.4. The first-order valence-corrected chi connectivity index (χ1v) is 14.0. The number of esters is 1. The summed E-state index contributed by atoms with van der Waals surface area (Å²) in [5.41, 5.74) is 4.50. The van der Waals surface area contributed by atoms with Gasteiger partial charge >= 0.3 is 5.97 Å². The van der Waals surface area contributed by atoms with Crippen LogP contribution in [0.4, 0.5) is 0 Å². The van der Waals surface area contributed by atoms with Crippen molar-refractivity contribution in [2.24, 2.45) is 0 Å². The van der Waals surface area contributed by atoms with E-state index in [0.29, 0.717) is 24.7 Å². The van der Waals surface area contributed by atoms with Crippen molar-refractivity contribution >= 4 is 16.0 Å². The number of carbonyl (C=O) groups excluding carboxylic acids is 1. The van der Waals surface area contributed by atoms with Crippen LogP contribution in [0.5, 0.6) is 5.75 Å². The van der Waals surface area contributed by atoms with Crippen LogP contribution in [-0.4, -0.2) is 36.4 Å². The lowest BCUT2D eigenvalue weighted by atomic mass is 10.0. The maximum absolute atomic E-state index is 11.5. The summed E-state index contributed by atoms with van der Waals surface area (Å²) in [6.07, 6.45) is 2.21. The number of rotatable bonds is 8. The van der Waals surface area contributed by atoms with Crippen molar-refractivity contribution in [3.63, 3.8) is 0 Å². The predicted molar refractivity (Wildman–Crippen MR) is 136 cm³/mol. The minimum absolute atomic E-state index is 0.147. The van der Waals surface area contributed by atoms with E-state index in [4.69, 9.17) is 9.47 Å². The summed E-state index contributed by atoms with van der Waals surface area (Å²) in [5, 5.41) is 0.603. The molecule has 1 aliphatic rings. The van der Waals surface area contributed by atoms with E-state index >= 15 is 0 Å². The molecule has 1 atom stereocenters. The lowest BCUT2D eigenvalue weighted by Crippen LogP contribution is -2.24. The summed E-state index contributed by atoms with van der Waals surface area (Å²) in [4.78, 5) is 11.5. The van der Waals surface area contributed by atoms with Crippen LogP contribution in [-0.2, 0) is 16.0 Å².